The minimum atomic E-state index is -3.56. The molecule has 0 aliphatic carbocycles. The summed E-state index contributed by atoms with van der Waals surface area (Å²) >= 11 is 0. The van der Waals surface area contributed by atoms with E-state index in [1.807, 2.05) is 49.4 Å². The van der Waals surface area contributed by atoms with Crippen LogP contribution in [0.15, 0.2) is 83.8 Å². The van der Waals surface area contributed by atoms with Crippen molar-refractivity contribution in [2.75, 3.05) is 4.72 Å². The van der Waals surface area contributed by atoms with Gasteiger partial charge in [0.2, 0.25) is 0 Å². The first-order valence-electron chi connectivity index (χ1n) is 8.31. The SMILES string of the molecule is CCc1ccc(S(=O)(=O)Nc2ccc(Cc3ccccc3)cc2)cc1. The Balaban J connectivity index is 1.71. The molecule has 1 N–H and O–H groups in total. The highest BCUT2D eigenvalue weighted by Gasteiger charge is 2.13. The third-order valence-corrected chi connectivity index (χ3v) is 5.50. The molecule has 0 saturated heterocycles. The molecule has 0 spiro atoms. The zero-order valence-corrected chi connectivity index (χ0v) is 15.0. The molecule has 25 heavy (non-hydrogen) atoms. The van der Waals surface area contributed by atoms with Crippen molar-refractivity contribution in [1.29, 1.82) is 0 Å². The lowest BCUT2D eigenvalue weighted by molar-refractivity contribution is 0.601. The van der Waals surface area contributed by atoms with E-state index in [0.717, 1.165) is 24.0 Å². The Morgan fingerprint density at radius 3 is 1.88 bits per heavy atom. The van der Waals surface area contributed by atoms with Gasteiger partial charge in [0.1, 0.15) is 0 Å². The van der Waals surface area contributed by atoms with Crippen LogP contribution in [0, 0.1) is 0 Å². The van der Waals surface area contributed by atoms with Crippen molar-refractivity contribution >= 4 is 15.7 Å². The second-order valence-corrected chi connectivity index (χ2v) is 7.64. The van der Waals surface area contributed by atoms with E-state index in [2.05, 4.69) is 16.9 Å². The molecule has 0 aromatic heterocycles. The van der Waals surface area contributed by atoms with Gasteiger partial charge in [-0.1, -0.05) is 61.5 Å². The van der Waals surface area contributed by atoms with Crippen LogP contribution >= 0.6 is 0 Å². The lowest BCUT2D eigenvalue weighted by Crippen LogP contribution is -2.12. The van der Waals surface area contributed by atoms with Gasteiger partial charge in [-0.15, -0.1) is 0 Å². The topological polar surface area (TPSA) is 46.2 Å². The van der Waals surface area contributed by atoms with Gasteiger partial charge < -0.3 is 0 Å². The lowest BCUT2D eigenvalue weighted by Gasteiger charge is -2.09. The Bertz CT molecular complexity index is 916. The highest BCUT2D eigenvalue weighted by Crippen LogP contribution is 2.18. The molecule has 0 unspecified atom stereocenters. The maximum absolute atomic E-state index is 12.5. The van der Waals surface area contributed by atoms with E-state index < -0.39 is 10.0 Å². The minimum Gasteiger partial charge on any atom is -0.280 e. The number of hydrogen-bond donors (Lipinski definition) is 1. The smallest absolute Gasteiger partial charge is 0.261 e. The summed E-state index contributed by atoms with van der Waals surface area (Å²) in [6.45, 7) is 2.04. The van der Waals surface area contributed by atoms with Gasteiger partial charge in [0, 0.05) is 5.69 Å². The van der Waals surface area contributed by atoms with E-state index in [1.165, 1.54) is 5.56 Å². The van der Waals surface area contributed by atoms with Crippen LogP contribution in [0.25, 0.3) is 0 Å². The molecule has 3 aromatic rings. The van der Waals surface area contributed by atoms with Gasteiger partial charge in [0.15, 0.2) is 0 Å². The molecule has 0 bridgehead atoms. The van der Waals surface area contributed by atoms with Crippen molar-refractivity contribution < 1.29 is 8.42 Å². The Hall–Kier alpha value is -2.59. The minimum absolute atomic E-state index is 0.276. The first kappa shape index (κ1) is 17.2. The molecule has 0 atom stereocenters. The van der Waals surface area contributed by atoms with Crippen LogP contribution < -0.4 is 4.72 Å². The van der Waals surface area contributed by atoms with Crippen LogP contribution in [0.5, 0.6) is 0 Å². The molecule has 128 valence electrons. The second-order valence-electron chi connectivity index (χ2n) is 5.96. The van der Waals surface area contributed by atoms with E-state index in [4.69, 9.17) is 0 Å². The summed E-state index contributed by atoms with van der Waals surface area (Å²) in [5.41, 5.74) is 4.05. The van der Waals surface area contributed by atoms with E-state index in [-0.39, 0.29) is 4.90 Å². The highest BCUT2D eigenvalue weighted by atomic mass is 32.2. The standard InChI is InChI=1S/C21H21NO2S/c1-2-17-10-14-21(15-11-17)25(23,24)22-20-12-8-19(9-13-20)16-18-6-4-3-5-7-18/h3-15,22H,2,16H2,1H3. The normalized spacial score (nSPS) is 11.2. The fourth-order valence-electron chi connectivity index (χ4n) is 2.64. The Morgan fingerprint density at radius 1 is 0.720 bits per heavy atom. The van der Waals surface area contributed by atoms with Crippen molar-refractivity contribution in [2.45, 2.75) is 24.7 Å². The summed E-state index contributed by atoms with van der Waals surface area (Å²) in [7, 11) is -3.56. The van der Waals surface area contributed by atoms with Crippen LogP contribution in [0.3, 0.4) is 0 Å². The molecule has 0 heterocycles. The van der Waals surface area contributed by atoms with Gasteiger partial charge in [-0.25, -0.2) is 8.42 Å². The van der Waals surface area contributed by atoms with Crippen molar-refractivity contribution in [3.63, 3.8) is 0 Å². The molecule has 3 nitrogen and oxygen atoms in total. The van der Waals surface area contributed by atoms with Crippen LogP contribution in [-0.4, -0.2) is 8.42 Å². The summed E-state index contributed by atoms with van der Waals surface area (Å²) in [4.78, 5) is 0.276. The maximum atomic E-state index is 12.5. The molecule has 0 radical (unpaired) electrons. The van der Waals surface area contributed by atoms with E-state index in [0.29, 0.717) is 5.69 Å². The van der Waals surface area contributed by atoms with Crippen LogP contribution in [0.1, 0.15) is 23.6 Å². The predicted molar refractivity (Wildman–Crippen MR) is 102 cm³/mol. The van der Waals surface area contributed by atoms with Crippen LogP contribution in [0.4, 0.5) is 5.69 Å². The monoisotopic (exact) mass is 351 g/mol. The third kappa shape index (κ3) is 4.48. The van der Waals surface area contributed by atoms with E-state index in [1.54, 1.807) is 24.3 Å². The van der Waals surface area contributed by atoms with E-state index >= 15 is 0 Å². The number of hydrogen-bond acceptors (Lipinski definition) is 2. The number of sulfonamides is 1. The number of anilines is 1. The fourth-order valence-corrected chi connectivity index (χ4v) is 3.70. The molecule has 0 fully saturated rings. The Morgan fingerprint density at radius 2 is 1.28 bits per heavy atom. The fraction of sp³-hybridized carbons (Fsp3) is 0.143. The Kier molecular flexibility index (Phi) is 5.19. The molecule has 0 saturated carbocycles. The number of benzene rings is 3. The molecule has 0 aliphatic heterocycles. The zero-order chi connectivity index (χ0) is 17.7. The lowest BCUT2D eigenvalue weighted by atomic mass is 10.1. The largest absolute Gasteiger partial charge is 0.280 e. The van der Waals surface area contributed by atoms with Gasteiger partial charge in [-0.05, 0) is 53.8 Å². The average Bonchev–Trinajstić information content (AvgIpc) is 2.64. The molecule has 0 aliphatic rings. The summed E-state index contributed by atoms with van der Waals surface area (Å²) < 4.78 is 27.6. The quantitative estimate of drug-likeness (QED) is 0.703. The van der Waals surface area contributed by atoms with Gasteiger partial charge in [0.25, 0.3) is 10.0 Å². The first-order valence-corrected chi connectivity index (χ1v) is 9.80. The van der Waals surface area contributed by atoms with Gasteiger partial charge in [0.05, 0.1) is 4.90 Å². The summed E-state index contributed by atoms with van der Waals surface area (Å²) in [5.74, 6) is 0. The van der Waals surface area contributed by atoms with Crippen LogP contribution in [0.2, 0.25) is 0 Å². The summed E-state index contributed by atoms with van der Waals surface area (Å²) in [6.07, 6.45) is 1.71. The second kappa shape index (κ2) is 7.53. The molecular weight excluding hydrogens is 330 g/mol. The van der Waals surface area contributed by atoms with Crippen molar-refractivity contribution in [1.82, 2.24) is 0 Å². The highest BCUT2D eigenvalue weighted by molar-refractivity contribution is 7.92. The summed E-state index contributed by atoms with van der Waals surface area (Å²) in [6, 6.07) is 24.7. The molecular formula is C21H21NO2S. The molecule has 3 aromatic carbocycles. The average molecular weight is 351 g/mol. The van der Waals surface area contributed by atoms with Crippen molar-refractivity contribution in [2.24, 2.45) is 0 Å². The Labute approximate surface area is 149 Å². The third-order valence-electron chi connectivity index (χ3n) is 4.10. The predicted octanol–water partition coefficient (Wildman–Crippen LogP) is 4.64. The molecule has 3 rings (SSSR count). The maximum Gasteiger partial charge on any atom is 0.261 e. The first-order chi connectivity index (χ1) is 12.1. The van der Waals surface area contributed by atoms with E-state index in [9.17, 15) is 8.42 Å². The number of rotatable bonds is 6. The molecule has 4 heteroatoms. The number of aryl methyl sites for hydroxylation is 1. The zero-order valence-electron chi connectivity index (χ0n) is 14.1. The molecule has 0 amide bonds. The van der Waals surface area contributed by atoms with Gasteiger partial charge in [-0.2, -0.15) is 0 Å². The summed E-state index contributed by atoms with van der Waals surface area (Å²) in [5, 5.41) is 0. The van der Waals surface area contributed by atoms with Gasteiger partial charge >= 0.3 is 0 Å². The number of nitrogens with one attached hydrogen (secondary N) is 1. The van der Waals surface area contributed by atoms with Crippen LogP contribution in [-0.2, 0) is 22.9 Å². The van der Waals surface area contributed by atoms with Crippen molar-refractivity contribution in [3.05, 3.63) is 95.6 Å². The van der Waals surface area contributed by atoms with Crippen molar-refractivity contribution in [3.8, 4) is 0 Å². The van der Waals surface area contributed by atoms with Gasteiger partial charge in [-0.3, -0.25) is 4.72 Å².